The van der Waals surface area contributed by atoms with Crippen molar-refractivity contribution >= 4 is 15.9 Å². The summed E-state index contributed by atoms with van der Waals surface area (Å²) in [6.45, 7) is 2.06. The molecular weight excluding hydrogens is 292 g/mol. The number of ether oxygens (including phenoxy) is 2. The Bertz CT molecular complexity index is 442. The summed E-state index contributed by atoms with van der Waals surface area (Å²) < 4.78 is 10.6. The molecule has 0 radical (unpaired) electrons. The monoisotopic (exact) mass is 306 g/mol. The van der Waals surface area contributed by atoms with Gasteiger partial charge in [-0.3, -0.25) is 0 Å². The van der Waals surface area contributed by atoms with Crippen LogP contribution in [-0.2, 0) is 9.47 Å². The average molecular weight is 307 g/mol. The SMILES string of the molecule is Brc1ccc(-c2ccccc2)cc1.C1COCO1. The molecule has 0 bridgehead atoms. The van der Waals surface area contributed by atoms with Crippen molar-refractivity contribution in [2.24, 2.45) is 0 Å². The Morgan fingerprint density at radius 2 is 1.28 bits per heavy atom. The summed E-state index contributed by atoms with van der Waals surface area (Å²) in [6.07, 6.45) is 0. The van der Waals surface area contributed by atoms with Gasteiger partial charge in [-0.1, -0.05) is 58.4 Å². The van der Waals surface area contributed by atoms with Gasteiger partial charge in [0.25, 0.3) is 0 Å². The molecule has 1 aliphatic heterocycles. The van der Waals surface area contributed by atoms with Crippen LogP contribution in [0.4, 0.5) is 0 Å². The lowest BCUT2D eigenvalue weighted by Crippen LogP contribution is -1.79. The molecule has 2 aromatic carbocycles. The van der Waals surface area contributed by atoms with E-state index in [1.54, 1.807) is 0 Å². The number of hydrogen-bond donors (Lipinski definition) is 0. The van der Waals surface area contributed by atoms with Crippen LogP contribution in [0.1, 0.15) is 0 Å². The van der Waals surface area contributed by atoms with Crippen molar-refractivity contribution in [1.82, 2.24) is 0 Å². The summed E-state index contributed by atoms with van der Waals surface area (Å²) >= 11 is 3.42. The first-order valence-corrected chi connectivity index (χ1v) is 6.62. The molecule has 0 atom stereocenters. The third-order valence-corrected chi connectivity index (χ3v) is 3.02. The van der Waals surface area contributed by atoms with Crippen LogP contribution in [0.15, 0.2) is 59.1 Å². The molecule has 1 saturated heterocycles. The van der Waals surface area contributed by atoms with Crippen molar-refractivity contribution in [2.45, 2.75) is 0 Å². The molecule has 0 amide bonds. The zero-order chi connectivity index (χ0) is 12.6. The fourth-order valence-electron chi connectivity index (χ4n) is 1.57. The molecule has 94 valence electrons. The largest absolute Gasteiger partial charge is 0.353 e. The average Bonchev–Trinajstić information content (AvgIpc) is 3.00. The molecule has 1 fully saturated rings. The van der Waals surface area contributed by atoms with Crippen LogP contribution >= 0.6 is 15.9 Å². The van der Waals surface area contributed by atoms with Crippen LogP contribution in [-0.4, -0.2) is 20.0 Å². The summed E-state index contributed by atoms with van der Waals surface area (Å²) in [5.41, 5.74) is 2.51. The van der Waals surface area contributed by atoms with E-state index in [2.05, 4.69) is 64.5 Å². The Balaban J connectivity index is 0.000000202. The number of rotatable bonds is 1. The maximum absolute atomic E-state index is 4.72. The molecule has 0 saturated carbocycles. The van der Waals surface area contributed by atoms with Crippen LogP contribution in [0.5, 0.6) is 0 Å². The lowest BCUT2D eigenvalue weighted by molar-refractivity contribution is 0.0692. The van der Waals surface area contributed by atoms with Gasteiger partial charge in [-0.25, -0.2) is 0 Å². The second kappa shape index (κ2) is 7.31. The molecule has 1 aliphatic rings. The molecular formula is C15H15BrO2. The molecule has 0 spiro atoms. The summed E-state index contributed by atoms with van der Waals surface area (Å²) in [5.74, 6) is 0. The quantitative estimate of drug-likeness (QED) is 0.789. The minimum atomic E-state index is 0.500. The molecule has 3 heteroatoms. The maximum atomic E-state index is 4.72. The van der Waals surface area contributed by atoms with Crippen LogP contribution in [0.3, 0.4) is 0 Å². The molecule has 0 N–H and O–H groups in total. The smallest absolute Gasteiger partial charge is 0.146 e. The molecule has 0 aromatic heterocycles. The van der Waals surface area contributed by atoms with Crippen molar-refractivity contribution in [2.75, 3.05) is 20.0 Å². The van der Waals surface area contributed by atoms with Gasteiger partial charge in [0.1, 0.15) is 6.79 Å². The Kier molecular flexibility index (Phi) is 5.39. The summed E-state index contributed by atoms with van der Waals surface area (Å²) in [4.78, 5) is 0. The highest BCUT2D eigenvalue weighted by atomic mass is 79.9. The van der Waals surface area contributed by atoms with E-state index >= 15 is 0 Å². The Labute approximate surface area is 116 Å². The van der Waals surface area contributed by atoms with Gasteiger partial charge in [0.2, 0.25) is 0 Å². The number of hydrogen-bond acceptors (Lipinski definition) is 2. The fourth-order valence-corrected chi connectivity index (χ4v) is 1.83. The van der Waals surface area contributed by atoms with E-state index < -0.39 is 0 Å². The van der Waals surface area contributed by atoms with E-state index in [0.717, 1.165) is 17.7 Å². The van der Waals surface area contributed by atoms with E-state index in [9.17, 15) is 0 Å². The number of benzene rings is 2. The van der Waals surface area contributed by atoms with Gasteiger partial charge in [-0.15, -0.1) is 0 Å². The lowest BCUT2D eigenvalue weighted by Gasteiger charge is -2.00. The summed E-state index contributed by atoms with van der Waals surface area (Å²) in [7, 11) is 0. The first-order chi connectivity index (χ1) is 8.86. The molecule has 0 unspecified atom stereocenters. The van der Waals surface area contributed by atoms with E-state index in [1.165, 1.54) is 11.1 Å². The van der Waals surface area contributed by atoms with Gasteiger partial charge < -0.3 is 9.47 Å². The molecule has 2 nitrogen and oxygen atoms in total. The first-order valence-electron chi connectivity index (χ1n) is 5.83. The van der Waals surface area contributed by atoms with Crippen LogP contribution in [0, 0.1) is 0 Å². The Morgan fingerprint density at radius 1 is 0.722 bits per heavy atom. The highest BCUT2D eigenvalue weighted by molar-refractivity contribution is 9.10. The van der Waals surface area contributed by atoms with E-state index in [1.807, 2.05) is 6.07 Å². The van der Waals surface area contributed by atoms with Crippen LogP contribution < -0.4 is 0 Å². The van der Waals surface area contributed by atoms with Gasteiger partial charge in [0.15, 0.2) is 0 Å². The standard InChI is InChI=1S/C12H9Br.C3H6O2/c13-12-8-6-11(7-9-12)10-4-2-1-3-5-10;1-2-5-3-4-1/h1-9H;1-3H2. The Morgan fingerprint density at radius 3 is 1.78 bits per heavy atom. The van der Waals surface area contributed by atoms with Gasteiger partial charge in [0, 0.05) is 4.47 Å². The highest BCUT2D eigenvalue weighted by Gasteiger charge is 1.94. The van der Waals surface area contributed by atoms with Crippen LogP contribution in [0.2, 0.25) is 0 Å². The molecule has 2 aromatic rings. The minimum absolute atomic E-state index is 0.500. The predicted octanol–water partition coefficient (Wildman–Crippen LogP) is 4.11. The first kappa shape index (κ1) is 13.3. The zero-order valence-corrected chi connectivity index (χ0v) is 11.6. The maximum Gasteiger partial charge on any atom is 0.146 e. The molecule has 0 aliphatic carbocycles. The van der Waals surface area contributed by atoms with Gasteiger partial charge in [-0.05, 0) is 23.3 Å². The van der Waals surface area contributed by atoms with Crippen molar-refractivity contribution in [3.63, 3.8) is 0 Å². The van der Waals surface area contributed by atoms with Crippen LogP contribution in [0.25, 0.3) is 11.1 Å². The summed E-state index contributed by atoms with van der Waals surface area (Å²) in [5, 5.41) is 0. The van der Waals surface area contributed by atoms with E-state index in [-0.39, 0.29) is 0 Å². The molecule has 1 heterocycles. The van der Waals surface area contributed by atoms with Crippen molar-refractivity contribution < 1.29 is 9.47 Å². The van der Waals surface area contributed by atoms with Crippen molar-refractivity contribution in [1.29, 1.82) is 0 Å². The van der Waals surface area contributed by atoms with Crippen molar-refractivity contribution in [3.05, 3.63) is 59.1 Å². The highest BCUT2D eigenvalue weighted by Crippen LogP contribution is 2.20. The van der Waals surface area contributed by atoms with Gasteiger partial charge in [0.05, 0.1) is 13.2 Å². The zero-order valence-electron chi connectivity index (χ0n) is 10.0. The molecule has 3 rings (SSSR count). The van der Waals surface area contributed by atoms with Gasteiger partial charge in [-0.2, -0.15) is 0 Å². The minimum Gasteiger partial charge on any atom is -0.353 e. The normalized spacial score (nSPS) is 13.8. The third kappa shape index (κ3) is 4.26. The molecule has 18 heavy (non-hydrogen) atoms. The Hall–Kier alpha value is -1.16. The topological polar surface area (TPSA) is 18.5 Å². The van der Waals surface area contributed by atoms with E-state index in [0.29, 0.717) is 6.79 Å². The lowest BCUT2D eigenvalue weighted by atomic mass is 10.1. The van der Waals surface area contributed by atoms with Crippen molar-refractivity contribution in [3.8, 4) is 11.1 Å². The number of halogens is 1. The predicted molar refractivity (Wildman–Crippen MR) is 76.3 cm³/mol. The second-order valence-corrected chi connectivity index (χ2v) is 4.72. The fraction of sp³-hybridized carbons (Fsp3) is 0.200. The third-order valence-electron chi connectivity index (χ3n) is 2.49. The summed E-state index contributed by atoms with van der Waals surface area (Å²) in [6, 6.07) is 18.7. The second-order valence-electron chi connectivity index (χ2n) is 3.81. The van der Waals surface area contributed by atoms with E-state index in [4.69, 9.17) is 9.47 Å². The van der Waals surface area contributed by atoms with Gasteiger partial charge >= 0.3 is 0 Å².